The Labute approximate surface area is 206 Å². The molecule has 1 aliphatic heterocycles. The third kappa shape index (κ3) is 4.28. The number of halogens is 1. The summed E-state index contributed by atoms with van der Waals surface area (Å²) in [6.07, 6.45) is 5.55. The molecule has 2 unspecified atom stereocenters. The molecule has 4 rings (SSSR count). The van der Waals surface area contributed by atoms with E-state index in [1.165, 1.54) is 17.6 Å². The summed E-state index contributed by atoms with van der Waals surface area (Å²) in [6.45, 7) is 10.8. The fraction of sp³-hybridized carbons (Fsp3) is 0.519. The van der Waals surface area contributed by atoms with E-state index in [0.29, 0.717) is 28.4 Å². The van der Waals surface area contributed by atoms with Crippen molar-refractivity contribution in [3.05, 3.63) is 46.5 Å². The molecule has 34 heavy (non-hydrogen) atoms. The van der Waals surface area contributed by atoms with Crippen LogP contribution in [0.4, 0.5) is 0 Å². The number of carbonyl (C=O) groups excluding carboxylic acids is 1. The van der Waals surface area contributed by atoms with Crippen LogP contribution in [0.3, 0.4) is 0 Å². The molecule has 1 aliphatic rings. The number of benzene rings is 2. The molecular weight excluding hydrogens is 450 g/mol. The predicted octanol–water partition coefficient (Wildman–Crippen LogP) is 6.48. The predicted molar refractivity (Wildman–Crippen MR) is 135 cm³/mol. The summed E-state index contributed by atoms with van der Waals surface area (Å²) in [5.41, 5.74) is 2.27. The molecule has 1 fully saturated rings. The summed E-state index contributed by atoms with van der Waals surface area (Å²) in [6, 6.07) is 9.14. The number of cyclic esters (lactones) is 1. The second-order valence-electron chi connectivity index (χ2n) is 10.6. The number of unbranched alkanes of at least 4 members (excludes halogenated alkanes) is 3. The summed E-state index contributed by atoms with van der Waals surface area (Å²) in [5.74, 6) is 0.0257. The Morgan fingerprint density at radius 2 is 1.88 bits per heavy atom. The van der Waals surface area contributed by atoms with Crippen LogP contribution >= 0.6 is 11.6 Å². The van der Waals surface area contributed by atoms with Crippen LogP contribution in [0.1, 0.15) is 77.8 Å². The highest BCUT2D eigenvalue weighted by Gasteiger charge is 2.55. The maximum Gasteiger partial charge on any atom is 0.320 e. The van der Waals surface area contributed by atoms with E-state index in [4.69, 9.17) is 16.3 Å². The highest BCUT2D eigenvalue weighted by Crippen LogP contribution is 2.47. The Morgan fingerprint density at radius 1 is 1.15 bits per heavy atom. The first-order valence-electron chi connectivity index (χ1n) is 12.2. The van der Waals surface area contributed by atoms with E-state index >= 15 is 0 Å². The molecule has 3 aromatic rings. The van der Waals surface area contributed by atoms with Gasteiger partial charge in [-0.2, -0.15) is 0 Å². The number of ether oxygens (including phenoxy) is 1. The molecule has 1 saturated heterocycles. The summed E-state index contributed by atoms with van der Waals surface area (Å²) in [4.78, 5) is 14.5. The van der Waals surface area contributed by atoms with Crippen LogP contribution in [-0.2, 0) is 20.4 Å². The van der Waals surface area contributed by atoms with Crippen LogP contribution in [0.15, 0.2) is 30.3 Å². The lowest BCUT2D eigenvalue weighted by Gasteiger charge is -2.44. The van der Waals surface area contributed by atoms with Gasteiger partial charge in [-0.3, -0.25) is 4.79 Å². The molecule has 0 bridgehead atoms. The van der Waals surface area contributed by atoms with E-state index in [1.807, 2.05) is 32.9 Å². The first-order chi connectivity index (χ1) is 16.1. The van der Waals surface area contributed by atoms with E-state index in [2.05, 4.69) is 24.0 Å². The van der Waals surface area contributed by atoms with Gasteiger partial charge in [0, 0.05) is 10.6 Å². The number of rotatable bonds is 8. The lowest BCUT2D eigenvalue weighted by atomic mass is 9.66. The van der Waals surface area contributed by atoms with Crippen molar-refractivity contribution in [3.8, 4) is 11.4 Å². The minimum Gasteiger partial charge on any atom is -0.505 e. The molecule has 0 radical (unpaired) electrons. The van der Waals surface area contributed by atoms with Gasteiger partial charge in [-0.25, -0.2) is 0 Å². The van der Waals surface area contributed by atoms with Gasteiger partial charge in [-0.05, 0) is 47.6 Å². The molecule has 1 N–H and O–H groups in total. The second-order valence-corrected chi connectivity index (χ2v) is 11.0. The average molecular weight is 484 g/mol. The van der Waals surface area contributed by atoms with Crippen molar-refractivity contribution in [2.45, 2.75) is 77.6 Å². The van der Waals surface area contributed by atoms with Crippen LogP contribution in [-0.4, -0.2) is 32.7 Å². The summed E-state index contributed by atoms with van der Waals surface area (Å²) in [5, 5.41) is 21.0. The van der Waals surface area contributed by atoms with E-state index in [0.717, 1.165) is 30.4 Å². The van der Waals surface area contributed by atoms with Crippen molar-refractivity contribution in [2.24, 2.45) is 5.92 Å². The average Bonchev–Trinajstić information content (AvgIpc) is 3.19. The Morgan fingerprint density at radius 3 is 2.50 bits per heavy atom. The monoisotopic (exact) mass is 483 g/mol. The molecule has 0 aliphatic carbocycles. The highest BCUT2D eigenvalue weighted by atomic mass is 35.5. The number of aromatic hydroxyl groups is 1. The molecule has 0 saturated carbocycles. The molecule has 7 heteroatoms. The molecule has 2 aromatic carbocycles. The minimum absolute atomic E-state index is 0.110. The van der Waals surface area contributed by atoms with Crippen molar-refractivity contribution in [3.63, 3.8) is 0 Å². The maximum absolute atomic E-state index is 13.0. The molecule has 182 valence electrons. The smallest absolute Gasteiger partial charge is 0.320 e. The third-order valence-electron chi connectivity index (χ3n) is 7.10. The Balaban J connectivity index is 1.84. The maximum atomic E-state index is 13.0. The number of esters is 1. The fourth-order valence-corrected chi connectivity index (χ4v) is 5.00. The van der Waals surface area contributed by atoms with Gasteiger partial charge in [-0.15, -0.1) is 15.0 Å². The minimum atomic E-state index is -0.732. The Hall–Kier alpha value is -2.60. The Kier molecular flexibility index (Phi) is 6.65. The zero-order valence-electron chi connectivity index (χ0n) is 20.7. The van der Waals surface area contributed by atoms with Gasteiger partial charge >= 0.3 is 5.97 Å². The van der Waals surface area contributed by atoms with Gasteiger partial charge in [0.05, 0.1) is 0 Å². The first-order valence-corrected chi connectivity index (χ1v) is 12.5. The topological polar surface area (TPSA) is 77.2 Å². The van der Waals surface area contributed by atoms with Crippen molar-refractivity contribution in [1.29, 1.82) is 0 Å². The summed E-state index contributed by atoms with van der Waals surface area (Å²) >= 11 is 6.14. The normalized spacial score (nSPS) is 19.2. The molecule has 2 atom stereocenters. The van der Waals surface area contributed by atoms with Gasteiger partial charge in [-0.1, -0.05) is 78.0 Å². The van der Waals surface area contributed by atoms with Crippen LogP contribution in [0, 0.1) is 5.92 Å². The molecule has 0 spiro atoms. The lowest BCUT2D eigenvalue weighted by molar-refractivity contribution is -0.179. The van der Waals surface area contributed by atoms with E-state index < -0.39 is 5.41 Å². The zero-order chi connectivity index (χ0) is 24.7. The van der Waals surface area contributed by atoms with Crippen molar-refractivity contribution < 1.29 is 14.6 Å². The number of fused-ring (bicyclic) bond motifs is 1. The second kappa shape index (κ2) is 9.21. The quantitative estimate of drug-likeness (QED) is 0.293. The van der Waals surface area contributed by atoms with Crippen molar-refractivity contribution >= 4 is 28.6 Å². The van der Waals surface area contributed by atoms with Gasteiger partial charge in [0.2, 0.25) is 0 Å². The van der Waals surface area contributed by atoms with Crippen LogP contribution < -0.4 is 0 Å². The first kappa shape index (κ1) is 24.5. The van der Waals surface area contributed by atoms with Gasteiger partial charge in [0.25, 0.3) is 0 Å². The molecule has 2 heterocycles. The SMILES string of the molecule is CCCCCCC(C)C1(c2cc(-n3nc4ccc(Cl)cc4n3)c(O)c(C(C)(C)C)c2)COC1=O. The van der Waals surface area contributed by atoms with E-state index in [-0.39, 0.29) is 23.1 Å². The standard InChI is InChI=1S/C27H34ClN3O3/c1-6-7-8-9-10-17(2)27(16-34-25(27)33)18-13-20(26(3,4)5)24(32)23(14-18)31-29-21-12-11-19(28)15-22(21)30-31/h11-15,17,32H,6-10,16H2,1-5H3. The number of hydrogen-bond acceptors (Lipinski definition) is 5. The number of nitrogens with zero attached hydrogens (tertiary/aromatic N) is 3. The van der Waals surface area contributed by atoms with Crippen molar-refractivity contribution in [2.75, 3.05) is 6.61 Å². The lowest BCUT2D eigenvalue weighted by Crippen LogP contribution is -2.56. The fourth-order valence-electron chi connectivity index (χ4n) is 4.84. The molecule has 0 amide bonds. The number of phenolic OH excluding ortho intramolecular Hbond substituents is 1. The number of phenols is 1. The molecule has 1 aromatic heterocycles. The van der Waals surface area contributed by atoms with Gasteiger partial charge in [0.1, 0.15) is 34.5 Å². The Bertz CT molecular complexity index is 1210. The van der Waals surface area contributed by atoms with E-state index in [9.17, 15) is 9.90 Å². The van der Waals surface area contributed by atoms with Gasteiger partial charge < -0.3 is 9.84 Å². The number of carbonyl (C=O) groups is 1. The molecule has 6 nitrogen and oxygen atoms in total. The van der Waals surface area contributed by atoms with Gasteiger partial charge in [0.15, 0.2) is 0 Å². The summed E-state index contributed by atoms with van der Waals surface area (Å²) in [7, 11) is 0. The molecular formula is C27H34ClN3O3. The van der Waals surface area contributed by atoms with Crippen molar-refractivity contribution in [1.82, 2.24) is 15.0 Å². The zero-order valence-corrected chi connectivity index (χ0v) is 21.4. The number of aromatic nitrogens is 3. The number of hydrogen-bond donors (Lipinski definition) is 1. The largest absolute Gasteiger partial charge is 0.505 e. The summed E-state index contributed by atoms with van der Waals surface area (Å²) < 4.78 is 5.36. The van der Waals surface area contributed by atoms with Crippen LogP contribution in [0.5, 0.6) is 5.75 Å². The third-order valence-corrected chi connectivity index (χ3v) is 7.33. The highest BCUT2D eigenvalue weighted by molar-refractivity contribution is 6.31. The van der Waals surface area contributed by atoms with Crippen LogP contribution in [0.25, 0.3) is 16.7 Å². The van der Waals surface area contributed by atoms with E-state index in [1.54, 1.807) is 18.2 Å². The van der Waals surface area contributed by atoms with Crippen LogP contribution in [0.2, 0.25) is 5.02 Å².